The summed E-state index contributed by atoms with van der Waals surface area (Å²) in [7, 11) is 0. The number of rotatable bonds is 3. The van der Waals surface area contributed by atoms with Crippen LogP contribution in [-0.4, -0.2) is 33.7 Å². The van der Waals surface area contributed by atoms with Crippen molar-refractivity contribution >= 4 is 11.6 Å². The third-order valence-corrected chi connectivity index (χ3v) is 7.24. The molecule has 1 aromatic rings. The summed E-state index contributed by atoms with van der Waals surface area (Å²) in [5.41, 5.74) is 7.02. The second-order valence-electron chi connectivity index (χ2n) is 7.87. The molecular weight excluding hydrogens is 288 g/mol. The van der Waals surface area contributed by atoms with Crippen LogP contribution in [0, 0.1) is 16.7 Å². The van der Waals surface area contributed by atoms with E-state index in [9.17, 15) is 4.79 Å². The predicted molar refractivity (Wildman–Crippen MR) is 88.6 cm³/mol. The first-order chi connectivity index (χ1) is 10.8. The number of carbonyl (C=O) groups is 1. The van der Waals surface area contributed by atoms with Crippen molar-refractivity contribution in [2.24, 2.45) is 27.6 Å². The number of carbonyl (C=O) groups excluding carboxylic acids is 1. The molecule has 5 nitrogen and oxygen atoms in total. The zero-order valence-electron chi connectivity index (χ0n) is 14.0. The number of pyridine rings is 1. The Bertz CT molecular complexity index is 702. The maximum absolute atomic E-state index is 12.5. The van der Waals surface area contributed by atoms with Gasteiger partial charge < -0.3 is 5.73 Å². The smallest absolute Gasteiger partial charge is 0.245 e. The van der Waals surface area contributed by atoms with Crippen LogP contribution in [0.4, 0.5) is 0 Å². The van der Waals surface area contributed by atoms with Gasteiger partial charge >= 0.3 is 0 Å². The molecule has 1 aromatic heterocycles. The molecule has 1 saturated heterocycles. The van der Waals surface area contributed by atoms with E-state index >= 15 is 0 Å². The number of aromatic nitrogens is 1. The van der Waals surface area contributed by atoms with Crippen LogP contribution in [0.5, 0.6) is 0 Å². The fraction of sp³-hybridized carbons (Fsp3) is 0.611. The zero-order chi connectivity index (χ0) is 16.5. The molecule has 3 fully saturated rings. The third kappa shape index (κ3) is 1.51. The number of hydrogen-bond donors (Lipinski definition) is 1. The lowest BCUT2D eigenvalue weighted by atomic mass is 9.65. The van der Waals surface area contributed by atoms with Crippen LogP contribution >= 0.6 is 0 Å². The highest BCUT2D eigenvalue weighted by molar-refractivity contribution is 5.97. The average Bonchev–Trinajstić information content (AvgIpc) is 2.97. The van der Waals surface area contributed by atoms with E-state index in [2.05, 4.69) is 18.8 Å². The first-order valence-electron chi connectivity index (χ1n) is 8.39. The molecule has 2 N–H and O–H groups in total. The molecule has 2 aliphatic carbocycles. The highest BCUT2D eigenvalue weighted by Gasteiger charge is 2.80. The van der Waals surface area contributed by atoms with Crippen molar-refractivity contribution in [3.63, 3.8) is 0 Å². The van der Waals surface area contributed by atoms with Crippen LogP contribution in [0.15, 0.2) is 29.5 Å². The molecule has 4 atom stereocenters. The summed E-state index contributed by atoms with van der Waals surface area (Å²) in [5.74, 6) is 0.366. The lowest BCUT2D eigenvalue weighted by molar-refractivity contribution is -0.135. The highest BCUT2D eigenvalue weighted by atomic mass is 16.2. The molecule has 5 heteroatoms. The number of amides is 1. The molecule has 4 rings (SSSR count). The van der Waals surface area contributed by atoms with E-state index in [0.717, 1.165) is 30.8 Å². The highest BCUT2D eigenvalue weighted by Crippen LogP contribution is 2.75. The monoisotopic (exact) mass is 312 g/mol. The molecule has 0 unspecified atom stereocenters. The Hall–Kier alpha value is -1.91. The summed E-state index contributed by atoms with van der Waals surface area (Å²) in [6, 6.07) is 5.78. The Morgan fingerprint density at radius 2 is 2.22 bits per heavy atom. The molecule has 0 radical (unpaired) electrons. The van der Waals surface area contributed by atoms with Crippen LogP contribution in [0.2, 0.25) is 0 Å². The summed E-state index contributed by atoms with van der Waals surface area (Å²) >= 11 is 0. The van der Waals surface area contributed by atoms with E-state index in [1.54, 1.807) is 6.20 Å². The van der Waals surface area contributed by atoms with Gasteiger partial charge in [0, 0.05) is 18.2 Å². The Labute approximate surface area is 137 Å². The summed E-state index contributed by atoms with van der Waals surface area (Å²) in [6.45, 7) is 7.32. The van der Waals surface area contributed by atoms with E-state index in [1.807, 2.05) is 30.1 Å². The maximum atomic E-state index is 12.5. The molecule has 23 heavy (non-hydrogen) atoms. The average molecular weight is 312 g/mol. The summed E-state index contributed by atoms with van der Waals surface area (Å²) < 4.78 is 0. The molecule has 3 aliphatic rings. The van der Waals surface area contributed by atoms with E-state index in [1.165, 1.54) is 6.42 Å². The van der Waals surface area contributed by atoms with Crippen LogP contribution in [0.25, 0.3) is 0 Å². The summed E-state index contributed by atoms with van der Waals surface area (Å²) in [6.07, 6.45) is 4.87. The van der Waals surface area contributed by atoms with Crippen molar-refractivity contribution in [3.05, 3.63) is 30.1 Å². The van der Waals surface area contributed by atoms with Crippen molar-refractivity contribution in [1.82, 2.24) is 9.99 Å². The maximum Gasteiger partial charge on any atom is 0.245 e. The number of nitrogens with two attached hydrogens (primary N) is 1. The van der Waals surface area contributed by atoms with Crippen LogP contribution in [-0.2, 0) is 4.79 Å². The Kier molecular flexibility index (Phi) is 2.77. The van der Waals surface area contributed by atoms with Crippen LogP contribution in [0.1, 0.15) is 45.7 Å². The number of piperidine rings is 1. The quantitative estimate of drug-likeness (QED) is 0.870. The van der Waals surface area contributed by atoms with Gasteiger partial charge in [-0.1, -0.05) is 19.9 Å². The first kappa shape index (κ1) is 14.7. The fourth-order valence-corrected chi connectivity index (χ4v) is 5.68. The third-order valence-electron chi connectivity index (χ3n) is 7.24. The van der Waals surface area contributed by atoms with Gasteiger partial charge in [-0.2, -0.15) is 5.10 Å². The van der Waals surface area contributed by atoms with E-state index in [4.69, 9.17) is 10.8 Å². The van der Waals surface area contributed by atoms with Gasteiger partial charge in [0.15, 0.2) is 0 Å². The molecule has 1 aliphatic heterocycles. The second kappa shape index (κ2) is 4.34. The van der Waals surface area contributed by atoms with E-state index < -0.39 is 5.54 Å². The lowest BCUT2D eigenvalue weighted by Gasteiger charge is -2.44. The van der Waals surface area contributed by atoms with Crippen molar-refractivity contribution in [3.8, 4) is 0 Å². The Morgan fingerprint density at radius 1 is 1.43 bits per heavy atom. The number of primary amides is 1. The predicted octanol–water partition coefficient (Wildman–Crippen LogP) is 2.17. The zero-order valence-corrected chi connectivity index (χ0v) is 14.0. The molecular formula is C18H24N4O. The minimum atomic E-state index is -0.638. The molecule has 1 amide bonds. The lowest BCUT2D eigenvalue weighted by Crippen LogP contribution is -2.60. The van der Waals surface area contributed by atoms with Crippen molar-refractivity contribution in [2.45, 2.75) is 45.6 Å². The normalized spacial score (nSPS) is 41.6. The largest absolute Gasteiger partial charge is 0.368 e. The molecule has 2 saturated carbocycles. The van der Waals surface area contributed by atoms with E-state index in [-0.39, 0.29) is 16.7 Å². The Balaban J connectivity index is 1.78. The minimum Gasteiger partial charge on any atom is -0.368 e. The minimum absolute atomic E-state index is 0.0790. The van der Waals surface area contributed by atoms with Gasteiger partial charge in [-0.3, -0.25) is 14.8 Å². The van der Waals surface area contributed by atoms with E-state index in [0.29, 0.717) is 5.92 Å². The number of hydrazone groups is 1. The molecule has 2 heterocycles. The molecule has 0 aromatic carbocycles. The van der Waals surface area contributed by atoms with Crippen molar-refractivity contribution in [2.75, 3.05) is 6.54 Å². The Morgan fingerprint density at radius 3 is 2.83 bits per heavy atom. The topological polar surface area (TPSA) is 71.6 Å². The van der Waals surface area contributed by atoms with Gasteiger partial charge in [-0.25, -0.2) is 0 Å². The second-order valence-corrected chi connectivity index (χ2v) is 7.87. The van der Waals surface area contributed by atoms with Gasteiger partial charge in [-0.05, 0) is 49.7 Å². The molecule has 0 spiro atoms. The van der Waals surface area contributed by atoms with Gasteiger partial charge in [0.05, 0.1) is 11.4 Å². The standard InChI is InChI=1S/C18H24N4O/c1-12(14-6-4-5-9-20-14)21-22-11-16(2)13-7-8-17(16,3)18(22,10-13)15(19)23/h4-6,9,13H,7-8,10-11H2,1-3H3,(H2,19,23)/b21-12-/t13-,16-,17+,18-/m1/s1. The summed E-state index contributed by atoms with van der Waals surface area (Å²) in [5, 5.41) is 6.81. The van der Waals surface area contributed by atoms with Crippen molar-refractivity contribution in [1.29, 1.82) is 0 Å². The van der Waals surface area contributed by atoms with Gasteiger partial charge in [0.2, 0.25) is 5.91 Å². The fourth-order valence-electron chi connectivity index (χ4n) is 5.68. The van der Waals surface area contributed by atoms with Gasteiger partial charge in [-0.15, -0.1) is 0 Å². The van der Waals surface area contributed by atoms with Gasteiger partial charge in [0.25, 0.3) is 0 Å². The number of hydrogen-bond acceptors (Lipinski definition) is 4. The SMILES string of the molecule is C/C(=N/N1C[C@]2(C)[C@@H]3CC[C@]2(C)[C@]1(C(N)=O)C3)c1ccccn1. The van der Waals surface area contributed by atoms with Gasteiger partial charge in [0.1, 0.15) is 5.54 Å². The van der Waals surface area contributed by atoms with Crippen LogP contribution < -0.4 is 5.73 Å². The first-order valence-corrected chi connectivity index (χ1v) is 8.39. The van der Waals surface area contributed by atoms with Crippen LogP contribution in [0.3, 0.4) is 0 Å². The molecule has 4 bridgehead atoms. The summed E-state index contributed by atoms with van der Waals surface area (Å²) in [4.78, 5) is 16.9. The van der Waals surface area contributed by atoms with Crippen molar-refractivity contribution < 1.29 is 4.79 Å². The molecule has 122 valence electrons. The number of nitrogens with zero attached hydrogens (tertiary/aromatic N) is 3.